The smallest absolute Gasteiger partial charge is 0.127 e. The Morgan fingerprint density at radius 3 is 2.64 bits per heavy atom. The van der Waals surface area contributed by atoms with Gasteiger partial charge in [-0.1, -0.05) is 5.16 Å². The molecule has 1 aromatic heterocycles. The number of hydrogen-bond donors (Lipinski definition) is 2. The monoisotopic (exact) mass is 321 g/mol. The minimum absolute atomic E-state index is 0.365. The van der Waals surface area contributed by atoms with Crippen LogP contribution in [0.1, 0.15) is 37.9 Å². The number of nitrogens with zero attached hydrogens (tertiary/aromatic N) is 2. The summed E-state index contributed by atoms with van der Waals surface area (Å²) < 4.78 is 5.94. The Balaban J connectivity index is 2.00. The molecular formula is C16H23N3O2S. The summed E-state index contributed by atoms with van der Waals surface area (Å²) in [5, 5.41) is 15.7. The summed E-state index contributed by atoms with van der Waals surface area (Å²) in [7, 11) is 0. The van der Waals surface area contributed by atoms with Crippen LogP contribution in [0.4, 0.5) is 0 Å². The molecule has 1 aliphatic rings. The Labute approximate surface area is 135 Å². The van der Waals surface area contributed by atoms with E-state index in [1.807, 2.05) is 27.7 Å². The van der Waals surface area contributed by atoms with Crippen LogP contribution in [-0.2, 0) is 11.2 Å². The molecule has 1 aromatic rings. The Morgan fingerprint density at radius 1 is 1.32 bits per heavy atom. The summed E-state index contributed by atoms with van der Waals surface area (Å²) >= 11 is 1.67. The summed E-state index contributed by atoms with van der Waals surface area (Å²) in [5.41, 5.74) is 10.5. The van der Waals surface area contributed by atoms with Gasteiger partial charge in [0.1, 0.15) is 11.5 Å². The van der Waals surface area contributed by atoms with E-state index in [-0.39, 0.29) is 6.04 Å². The van der Waals surface area contributed by atoms with Crippen molar-refractivity contribution in [2.24, 2.45) is 10.9 Å². The maximum absolute atomic E-state index is 9.16. The van der Waals surface area contributed by atoms with E-state index in [0.717, 1.165) is 46.0 Å². The third kappa shape index (κ3) is 3.39. The first-order valence-corrected chi connectivity index (χ1v) is 8.24. The molecule has 1 atom stereocenters. The van der Waals surface area contributed by atoms with Gasteiger partial charge in [0.05, 0.1) is 23.4 Å². The van der Waals surface area contributed by atoms with E-state index in [1.54, 1.807) is 11.3 Å². The van der Waals surface area contributed by atoms with Crippen molar-refractivity contribution in [2.45, 2.75) is 46.6 Å². The number of aryl methyl sites for hydroxylation is 2. The molecule has 0 aliphatic heterocycles. The number of oxime groups is 1. The van der Waals surface area contributed by atoms with Crippen LogP contribution in [0.25, 0.3) is 0 Å². The van der Waals surface area contributed by atoms with Gasteiger partial charge in [-0.25, -0.2) is 4.98 Å². The van der Waals surface area contributed by atoms with Crippen molar-refractivity contribution in [3.8, 4) is 0 Å². The second-order valence-electron chi connectivity index (χ2n) is 5.53. The fourth-order valence-corrected chi connectivity index (χ4v) is 3.20. The summed E-state index contributed by atoms with van der Waals surface area (Å²) in [6.07, 6.45) is 1.79. The van der Waals surface area contributed by atoms with Gasteiger partial charge in [0.25, 0.3) is 0 Å². The Hall–Kier alpha value is -1.66. The molecule has 22 heavy (non-hydrogen) atoms. The van der Waals surface area contributed by atoms with E-state index in [2.05, 4.69) is 15.5 Å². The van der Waals surface area contributed by atoms with Crippen molar-refractivity contribution in [3.63, 3.8) is 0 Å². The highest BCUT2D eigenvalue weighted by atomic mass is 32.1. The molecule has 1 unspecified atom stereocenters. The highest BCUT2D eigenvalue weighted by Gasteiger charge is 2.27. The highest BCUT2D eigenvalue weighted by molar-refractivity contribution is 7.09. The zero-order chi connectivity index (χ0) is 16.3. The van der Waals surface area contributed by atoms with Gasteiger partial charge < -0.3 is 15.7 Å². The summed E-state index contributed by atoms with van der Waals surface area (Å²) in [6.45, 7) is 8.42. The molecule has 2 rings (SSSR count). The van der Waals surface area contributed by atoms with Gasteiger partial charge in [-0.3, -0.25) is 0 Å². The van der Waals surface area contributed by atoms with Crippen LogP contribution in [-0.4, -0.2) is 28.6 Å². The average molecular weight is 321 g/mol. The summed E-state index contributed by atoms with van der Waals surface area (Å²) in [4.78, 5) is 4.45. The maximum atomic E-state index is 9.16. The van der Waals surface area contributed by atoms with Crippen LogP contribution < -0.4 is 5.73 Å². The number of thiazole rings is 1. The lowest BCUT2D eigenvalue weighted by atomic mass is 9.87. The molecule has 1 heterocycles. The van der Waals surface area contributed by atoms with E-state index in [0.29, 0.717) is 12.3 Å². The molecule has 1 aliphatic carbocycles. The Kier molecular flexibility index (Phi) is 5.37. The SMILES string of the molecule is CC1=C(OCCCc2csc(C)n2)C(C)=C(C)C(N)C1=NO. The average Bonchev–Trinajstić information content (AvgIpc) is 2.90. The fraction of sp³-hybridized carbons (Fsp3) is 0.500. The second kappa shape index (κ2) is 7.07. The van der Waals surface area contributed by atoms with Crippen molar-refractivity contribution in [1.29, 1.82) is 0 Å². The van der Waals surface area contributed by atoms with Crippen molar-refractivity contribution >= 4 is 17.0 Å². The van der Waals surface area contributed by atoms with Crippen molar-refractivity contribution in [2.75, 3.05) is 6.61 Å². The molecule has 0 saturated carbocycles. The van der Waals surface area contributed by atoms with Gasteiger partial charge >= 0.3 is 0 Å². The quantitative estimate of drug-likeness (QED) is 0.496. The molecule has 0 bridgehead atoms. The lowest BCUT2D eigenvalue weighted by Gasteiger charge is -2.26. The molecule has 5 nitrogen and oxygen atoms in total. The minimum Gasteiger partial charge on any atom is -0.493 e. The van der Waals surface area contributed by atoms with E-state index < -0.39 is 0 Å². The second-order valence-corrected chi connectivity index (χ2v) is 6.60. The minimum atomic E-state index is -0.365. The molecule has 0 aromatic carbocycles. The van der Waals surface area contributed by atoms with Crippen LogP contribution in [0.3, 0.4) is 0 Å². The normalized spacial score (nSPS) is 21.0. The standard InChI is InChI=1S/C16H23N3O2S/c1-9-10(2)16(11(3)15(19-20)14(9)17)21-7-5-6-13-8-22-12(4)18-13/h8,14,20H,5-7,17H2,1-4H3. The van der Waals surface area contributed by atoms with Crippen molar-refractivity contribution in [1.82, 2.24) is 4.98 Å². The largest absolute Gasteiger partial charge is 0.493 e. The van der Waals surface area contributed by atoms with Gasteiger partial charge in [0, 0.05) is 11.0 Å². The number of allylic oxidation sites excluding steroid dienone is 1. The molecule has 0 saturated heterocycles. The number of hydrogen-bond acceptors (Lipinski definition) is 6. The van der Waals surface area contributed by atoms with Gasteiger partial charge in [-0.15, -0.1) is 11.3 Å². The topological polar surface area (TPSA) is 80.7 Å². The fourth-order valence-electron chi connectivity index (χ4n) is 2.55. The maximum Gasteiger partial charge on any atom is 0.127 e. The van der Waals surface area contributed by atoms with Gasteiger partial charge in [-0.05, 0) is 51.7 Å². The number of aromatic nitrogens is 1. The van der Waals surface area contributed by atoms with Gasteiger partial charge in [0.15, 0.2) is 0 Å². The van der Waals surface area contributed by atoms with E-state index in [9.17, 15) is 0 Å². The van der Waals surface area contributed by atoms with E-state index in [4.69, 9.17) is 15.7 Å². The van der Waals surface area contributed by atoms with Crippen molar-refractivity contribution in [3.05, 3.63) is 38.6 Å². The molecule has 0 fully saturated rings. The van der Waals surface area contributed by atoms with E-state index in [1.165, 1.54) is 0 Å². The van der Waals surface area contributed by atoms with Crippen molar-refractivity contribution < 1.29 is 9.94 Å². The lowest BCUT2D eigenvalue weighted by molar-refractivity contribution is 0.212. The Morgan fingerprint density at radius 2 is 2.05 bits per heavy atom. The number of nitrogens with two attached hydrogens (primary N) is 1. The summed E-state index contributed by atoms with van der Waals surface area (Å²) in [5.74, 6) is 0.779. The molecule has 6 heteroatoms. The number of rotatable bonds is 5. The van der Waals surface area contributed by atoms with Crippen LogP contribution in [0.2, 0.25) is 0 Å². The third-order valence-electron chi connectivity index (χ3n) is 4.02. The molecule has 0 spiro atoms. The van der Waals surface area contributed by atoms with Gasteiger partial charge in [-0.2, -0.15) is 0 Å². The lowest BCUT2D eigenvalue weighted by Crippen LogP contribution is -2.36. The van der Waals surface area contributed by atoms with Gasteiger partial charge in [0.2, 0.25) is 0 Å². The third-order valence-corrected chi connectivity index (χ3v) is 4.84. The Bertz CT molecular complexity index is 642. The predicted octanol–water partition coefficient (Wildman–Crippen LogP) is 3.18. The van der Waals surface area contributed by atoms with Crippen LogP contribution in [0, 0.1) is 6.92 Å². The predicted molar refractivity (Wildman–Crippen MR) is 89.4 cm³/mol. The molecule has 0 amide bonds. The first kappa shape index (κ1) is 16.7. The zero-order valence-corrected chi connectivity index (χ0v) is 14.3. The zero-order valence-electron chi connectivity index (χ0n) is 13.5. The highest BCUT2D eigenvalue weighted by Crippen LogP contribution is 2.28. The van der Waals surface area contributed by atoms with Crippen LogP contribution >= 0.6 is 11.3 Å². The number of ether oxygens (including phenoxy) is 1. The van der Waals surface area contributed by atoms with E-state index >= 15 is 0 Å². The molecule has 3 N–H and O–H groups in total. The first-order chi connectivity index (χ1) is 10.5. The molecule has 120 valence electrons. The molecule has 0 radical (unpaired) electrons. The molecular weight excluding hydrogens is 298 g/mol. The van der Waals surface area contributed by atoms with Crippen LogP contribution in [0.15, 0.2) is 33.0 Å². The van der Waals surface area contributed by atoms with Crippen LogP contribution in [0.5, 0.6) is 0 Å². The summed E-state index contributed by atoms with van der Waals surface area (Å²) in [6, 6.07) is -0.365. The first-order valence-electron chi connectivity index (χ1n) is 7.36.